The molecule has 0 bridgehead atoms. The molecule has 21 heavy (non-hydrogen) atoms. The second kappa shape index (κ2) is 7.02. The molecule has 0 aliphatic carbocycles. The lowest BCUT2D eigenvalue weighted by Crippen LogP contribution is -2.26. The van der Waals surface area contributed by atoms with Gasteiger partial charge in [-0.15, -0.1) is 0 Å². The average molecular weight is 370 g/mol. The smallest absolute Gasteiger partial charge is 0.273 e. The first kappa shape index (κ1) is 15.9. The van der Waals surface area contributed by atoms with Crippen molar-refractivity contribution in [2.45, 2.75) is 18.9 Å². The van der Waals surface area contributed by atoms with Crippen LogP contribution in [0.3, 0.4) is 0 Å². The molecule has 2 N–H and O–H groups in total. The third-order valence-electron chi connectivity index (χ3n) is 3.17. The van der Waals surface area contributed by atoms with Crippen molar-refractivity contribution < 1.29 is 4.92 Å². The van der Waals surface area contributed by atoms with Gasteiger partial charge in [0.15, 0.2) is 0 Å². The lowest BCUT2D eigenvalue weighted by atomic mass is 9.99. The van der Waals surface area contributed by atoms with Crippen LogP contribution < -0.4 is 5.73 Å². The first-order chi connectivity index (χ1) is 9.97. The zero-order chi connectivity index (χ0) is 15.4. The van der Waals surface area contributed by atoms with Gasteiger partial charge in [0.1, 0.15) is 0 Å². The highest BCUT2D eigenvalue weighted by atomic mass is 79.9. The quantitative estimate of drug-likeness (QED) is 0.636. The molecule has 4 nitrogen and oxygen atoms in total. The van der Waals surface area contributed by atoms with Crippen molar-refractivity contribution in [2.75, 3.05) is 0 Å². The predicted molar refractivity (Wildman–Crippen MR) is 87.6 cm³/mol. The minimum Gasteiger partial charge on any atom is -0.327 e. The lowest BCUT2D eigenvalue weighted by molar-refractivity contribution is -0.385. The van der Waals surface area contributed by atoms with E-state index < -0.39 is 0 Å². The summed E-state index contributed by atoms with van der Waals surface area (Å²) in [5.41, 5.74) is 7.78. The number of rotatable bonds is 5. The van der Waals surface area contributed by atoms with E-state index >= 15 is 0 Å². The van der Waals surface area contributed by atoms with Crippen molar-refractivity contribution in [3.63, 3.8) is 0 Å². The van der Waals surface area contributed by atoms with E-state index in [1.807, 2.05) is 24.3 Å². The number of nitrogens with zero attached hydrogens (tertiary/aromatic N) is 1. The largest absolute Gasteiger partial charge is 0.327 e. The summed E-state index contributed by atoms with van der Waals surface area (Å²) in [5, 5.41) is 11.8. The van der Waals surface area contributed by atoms with Gasteiger partial charge in [-0.2, -0.15) is 0 Å². The Labute approximate surface area is 136 Å². The van der Waals surface area contributed by atoms with Crippen LogP contribution in [0.15, 0.2) is 46.9 Å². The van der Waals surface area contributed by atoms with Crippen molar-refractivity contribution in [3.05, 3.63) is 73.2 Å². The third kappa shape index (κ3) is 4.27. The molecule has 1 unspecified atom stereocenters. The standard InChI is InChI=1S/C15H14BrClN2O2/c16-12-6-5-11(15(9-12)19(20)21)8-13(18)7-10-3-1-2-4-14(10)17/h1-6,9,13H,7-8,18H2. The Morgan fingerprint density at radius 3 is 2.52 bits per heavy atom. The van der Waals surface area contributed by atoms with Gasteiger partial charge in [-0.3, -0.25) is 10.1 Å². The van der Waals surface area contributed by atoms with Crippen LogP contribution >= 0.6 is 27.5 Å². The van der Waals surface area contributed by atoms with E-state index in [4.69, 9.17) is 17.3 Å². The van der Waals surface area contributed by atoms with Gasteiger partial charge in [0.2, 0.25) is 0 Å². The summed E-state index contributed by atoms with van der Waals surface area (Å²) in [7, 11) is 0. The first-order valence-electron chi connectivity index (χ1n) is 6.39. The highest BCUT2D eigenvalue weighted by molar-refractivity contribution is 9.10. The fraction of sp³-hybridized carbons (Fsp3) is 0.200. The molecule has 0 radical (unpaired) electrons. The molecular formula is C15H14BrClN2O2. The molecule has 0 aromatic heterocycles. The zero-order valence-electron chi connectivity index (χ0n) is 11.1. The molecule has 2 rings (SSSR count). The number of nitro benzene ring substituents is 1. The van der Waals surface area contributed by atoms with E-state index in [1.54, 1.807) is 12.1 Å². The molecule has 2 aromatic rings. The third-order valence-corrected chi connectivity index (χ3v) is 4.03. The van der Waals surface area contributed by atoms with E-state index in [0.717, 1.165) is 5.56 Å². The van der Waals surface area contributed by atoms with E-state index in [-0.39, 0.29) is 16.7 Å². The van der Waals surface area contributed by atoms with Crippen molar-refractivity contribution in [2.24, 2.45) is 5.73 Å². The Morgan fingerprint density at radius 1 is 1.19 bits per heavy atom. The van der Waals surface area contributed by atoms with E-state index in [2.05, 4.69) is 15.9 Å². The molecule has 110 valence electrons. The van der Waals surface area contributed by atoms with Gasteiger partial charge >= 0.3 is 0 Å². The highest BCUT2D eigenvalue weighted by Crippen LogP contribution is 2.25. The molecule has 0 spiro atoms. The molecule has 2 aromatic carbocycles. The Balaban J connectivity index is 2.15. The Bertz CT molecular complexity index is 664. The fourth-order valence-electron chi connectivity index (χ4n) is 2.18. The van der Waals surface area contributed by atoms with Crippen molar-refractivity contribution in [1.82, 2.24) is 0 Å². The van der Waals surface area contributed by atoms with Crippen LogP contribution in [0.2, 0.25) is 5.02 Å². The van der Waals surface area contributed by atoms with Gasteiger partial charge in [-0.25, -0.2) is 0 Å². The minimum absolute atomic E-state index is 0.0824. The molecule has 0 fully saturated rings. The molecule has 0 aliphatic rings. The number of hydrogen-bond acceptors (Lipinski definition) is 3. The van der Waals surface area contributed by atoms with Crippen LogP contribution in [0.25, 0.3) is 0 Å². The monoisotopic (exact) mass is 368 g/mol. The predicted octanol–water partition coefficient (Wildman–Crippen LogP) is 4.12. The maximum Gasteiger partial charge on any atom is 0.273 e. The van der Waals surface area contributed by atoms with Gasteiger partial charge in [-0.05, 0) is 30.5 Å². The van der Waals surface area contributed by atoms with Crippen LogP contribution in [0.4, 0.5) is 5.69 Å². The Hall–Kier alpha value is -1.43. The van der Waals surface area contributed by atoms with Crippen molar-refractivity contribution in [1.29, 1.82) is 0 Å². The van der Waals surface area contributed by atoms with Crippen LogP contribution in [-0.2, 0) is 12.8 Å². The summed E-state index contributed by atoms with van der Waals surface area (Å²) in [4.78, 5) is 10.7. The van der Waals surface area contributed by atoms with Crippen molar-refractivity contribution in [3.8, 4) is 0 Å². The Kier molecular flexibility index (Phi) is 5.33. The van der Waals surface area contributed by atoms with Gasteiger partial charge in [0.25, 0.3) is 5.69 Å². The second-order valence-electron chi connectivity index (χ2n) is 4.79. The number of benzene rings is 2. The molecule has 0 saturated heterocycles. The minimum atomic E-state index is -0.387. The topological polar surface area (TPSA) is 69.2 Å². The van der Waals surface area contributed by atoms with Gasteiger partial charge in [0.05, 0.1) is 4.92 Å². The fourth-order valence-corrected chi connectivity index (χ4v) is 2.74. The SMILES string of the molecule is NC(Cc1ccccc1Cl)Cc1ccc(Br)cc1[N+](=O)[O-]. The van der Waals surface area contributed by atoms with E-state index in [0.29, 0.717) is 27.9 Å². The molecular weight excluding hydrogens is 356 g/mol. The van der Waals surface area contributed by atoms with Gasteiger partial charge in [0, 0.05) is 27.2 Å². The summed E-state index contributed by atoms with van der Waals surface area (Å²) in [6.45, 7) is 0. The summed E-state index contributed by atoms with van der Waals surface area (Å²) in [6.07, 6.45) is 1.00. The number of hydrogen-bond donors (Lipinski definition) is 1. The zero-order valence-corrected chi connectivity index (χ0v) is 13.5. The van der Waals surface area contributed by atoms with Gasteiger partial charge < -0.3 is 5.73 Å². The number of nitrogens with two attached hydrogens (primary N) is 1. The van der Waals surface area contributed by atoms with Crippen LogP contribution in [0.5, 0.6) is 0 Å². The molecule has 0 heterocycles. The van der Waals surface area contributed by atoms with E-state index in [9.17, 15) is 10.1 Å². The first-order valence-corrected chi connectivity index (χ1v) is 7.56. The Morgan fingerprint density at radius 2 is 1.86 bits per heavy atom. The summed E-state index contributed by atoms with van der Waals surface area (Å²) in [6, 6.07) is 12.3. The van der Waals surface area contributed by atoms with Gasteiger partial charge in [-0.1, -0.05) is 51.8 Å². The highest BCUT2D eigenvalue weighted by Gasteiger charge is 2.17. The lowest BCUT2D eigenvalue weighted by Gasteiger charge is -2.13. The van der Waals surface area contributed by atoms with E-state index in [1.165, 1.54) is 6.07 Å². The molecule has 0 amide bonds. The summed E-state index contributed by atoms with van der Waals surface area (Å²) >= 11 is 9.34. The molecule has 0 aliphatic heterocycles. The normalized spacial score (nSPS) is 12.1. The maximum absolute atomic E-state index is 11.1. The van der Waals surface area contributed by atoms with Crippen LogP contribution in [-0.4, -0.2) is 11.0 Å². The maximum atomic E-state index is 11.1. The second-order valence-corrected chi connectivity index (χ2v) is 6.11. The average Bonchev–Trinajstić information content (AvgIpc) is 2.43. The van der Waals surface area contributed by atoms with Crippen molar-refractivity contribution >= 4 is 33.2 Å². The van der Waals surface area contributed by atoms with Crippen LogP contribution in [0, 0.1) is 10.1 Å². The molecule has 0 saturated carbocycles. The molecule has 1 atom stereocenters. The number of halogens is 2. The molecule has 6 heteroatoms. The summed E-state index contributed by atoms with van der Waals surface area (Å²) < 4.78 is 0.678. The van der Waals surface area contributed by atoms with Crippen LogP contribution in [0.1, 0.15) is 11.1 Å². The number of nitro groups is 1. The summed E-state index contributed by atoms with van der Waals surface area (Å²) in [5.74, 6) is 0.